The van der Waals surface area contributed by atoms with Gasteiger partial charge < -0.3 is 9.26 Å². The summed E-state index contributed by atoms with van der Waals surface area (Å²) in [6.45, 7) is 1.84. The zero-order valence-corrected chi connectivity index (χ0v) is 14.3. The summed E-state index contributed by atoms with van der Waals surface area (Å²) in [4.78, 5) is 20.6. The summed E-state index contributed by atoms with van der Waals surface area (Å²) < 4.78 is 10.2. The van der Waals surface area contributed by atoms with Crippen LogP contribution in [0, 0.1) is 6.92 Å². The Balaban J connectivity index is 1.69. The van der Waals surface area contributed by atoms with Gasteiger partial charge in [0.2, 0.25) is 5.82 Å². The lowest BCUT2D eigenvalue weighted by Gasteiger charge is -2.04. The van der Waals surface area contributed by atoms with Crippen LogP contribution in [0.1, 0.15) is 15.9 Å². The van der Waals surface area contributed by atoms with E-state index in [0.717, 1.165) is 27.6 Å². The van der Waals surface area contributed by atoms with E-state index < -0.39 is 0 Å². The zero-order chi connectivity index (χ0) is 18.1. The standard InChI is InChI=1S/C20H15N3O3/c1-12-9-14(7-8-16(12)20(24)25-2)18-22-19(26-23-18)15-10-13-5-3-4-6-17(13)21-11-15/h3-11H,1-2H3. The molecule has 0 fully saturated rings. The van der Waals surface area contributed by atoms with Gasteiger partial charge in [0, 0.05) is 17.1 Å². The monoisotopic (exact) mass is 345 g/mol. The Hall–Kier alpha value is -3.54. The van der Waals surface area contributed by atoms with Crippen LogP contribution < -0.4 is 0 Å². The van der Waals surface area contributed by atoms with Gasteiger partial charge in [-0.3, -0.25) is 4.98 Å². The first-order valence-electron chi connectivity index (χ1n) is 8.04. The van der Waals surface area contributed by atoms with Crippen LogP contribution in [-0.4, -0.2) is 28.2 Å². The fourth-order valence-electron chi connectivity index (χ4n) is 2.79. The molecule has 0 atom stereocenters. The number of pyridine rings is 1. The highest BCUT2D eigenvalue weighted by molar-refractivity contribution is 5.91. The summed E-state index contributed by atoms with van der Waals surface area (Å²) >= 11 is 0. The first-order chi connectivity index (χ1) is 12.7. The van der Waals surface area contributed by atoms with Gasteiger partial charge in [-0.05, 0) is 36.8 Å². The van der Waals surface area contributed by atoms with Crippen LogP contribution in [0.5, 0.6) is 0 Å². The maximum atomic E-state index is 11.7. The van der Waals surface area contributed by atoms with Crippen molar-refractivity contribution in [3.05, 3.63) is 65.9 Å². The van der Waals surface area contributed by atoms with Crippen molar-refractivity contribution in [3.63, 3.8) is 0 Å². The molecule has 0 aliphatic carbocycles. The van der Waals surface area contributed by atoms with Crippen molar-refractivity contribution >= 4 is 16.9 Å². The first-order valence-corrected chi connectivity index (χ1v) is 8.04. The fraction of sp³-hybridized carbons (Fsp3) is 0.100. The largest absolute Gasteiger partial charge is 0.465 e. The van der Waals surface area contributed by atoms with Gasteiger partial charge >= 0.3 is 5.97 Å². The summed E-state index contributed by atoms with van der Waals surface area (Å²) in [7, 11) is 1.36. The molecule has 26 heavy (non-hydrogen) atoms. The number of rotatable bonds is 3. The number of carbonyl (C=O) groups excluding carboxylic acids is 1. The Bertz CT molecular complexity index is 1120. The number of esters is 1. The van der Waals surface area contributed by atoms with Gasteiger partial charge in [-0.1, -0.05) is 29.4 Å². The van der Waals surface area contributed by atoms with E-state index in [9.17, 15) is 4.79 Å². The second kappa shape index (κ2) is 6.40. The van der Waals surface area contributed by atoms with E-state index in [4.69, 9.17) is 9.26 Å². The Morgan fingerprint density at radius 2 is 1.92 bits per heavy atom. The minimum Gasteiger partial charge on any atom is -0.465 e. The molecule has 2 aromatic carbocycles. The summed E-state index contributed by atoms with van der Waals surface area (Å²) in [5.74, 6) is 0.478. The second-order valence-electron chi connectivity index (χ2n) is 5.86. The molecule has 0 saturated heterocycles. The van der Waals surface area contributed by atoms with Gasteiger partial charge in [-0.15, -0.1) is 0 Å². The number of benzene rings is 2. The molecule has 6 heteroatoms. The van der Waals surface area contributed by atoms with Gasteiger partial charge in [0.1, 0.15) is 0 Å². The smallest absolute Gasteiger partial charge is 0.338 e. The number of carbonyl (C=O) groups is 1. The third kappa shape index (κ3) is 2.82. The molecule has 0 aliphatic rings. The second-order valence-corrected chi connectivity index (χ2v) is 5.86. The Morgan fingerprint density at radius 1 is 1.08 bits per heavy atom. The number of para-hydroxylation sites is 1. The molecule has 4 rings (SSSR count). The van der Waals surface area contributed by atoms with E-state index in [2.05, 4.69) is 15.1 Å². The van der Waals surface area contributed by atoms with Crippen molar-refractivity contribution in [2.75, 3.05) is 7.11 Å². The van der Waals surface area contributed by atoms with E-state index in [1.165, 1.54) is 7.11 Å². The van der Waals surface area contributed by atoms with E-state index in [1.54, 1.807) is 18.3 Å². The SMILES string of the molecule is COC(=O)c1ccc(-c2noc(-c3cnc4ccccc4c3)n2)cc1C. The van der Waals surface area contributed by atoms with Crippen LogP contribution in [0.4, 0.5) is 0 Å². The summed E-state index contributed by atoms with van der Waals surface area (Å²) in [5.41, 5.74) is 3.72. The molecule has 0 saturated carbocycles. The van der Waals surface area contributed by atoms with Crippen LogP contribution >= 0.6 is 0 Å². The molecule has 0 unspecified atom stereocenters. The molecule has 0 spiro atoms. The number of hydrogen-bond donors (Lipinski definition) is 0. The summed E-state index contributed by atoms with van der Waals surface area (Å²) in [6.07, 6.45) is 1.71. The van der Waals surface area contributed by atoms with Crippen molar-refractivity contribution in [1.29, 1.82) is 0 Å². The van der Waals surface area contributed by atoms with Crippen molar-refractivity contribution in [3.8, 4) is 22.8 Å². The number of methoxy groups -OCH3 is 1. The Morgan fingerprint density at radius 3 is 2.73 bits per heavy atom. The molecular weight excluding hydrogens is 330 g/mol. The molecule has 4 aromatic rings. The van der Waals surface area contributed by atoms with Gasteiger partial charge in [0.05, 0.1) is 23.8 Å². The van der Waals surface area contributed by atoms with Gasteiger partial charge in [0.15, 0.2) is 0 Å². The predicted molar refractivity (Wildman–Crippen MR) is 96.5 cm³/mol. The summed E-state index contributed by atoms with van der Waals surface area (Å²) in [6, 6.07) is 15.1. The molecular formula is C20H15N3O3. The Labute approximate surface area is 149 Å². The third-order valence-corrected chi connectivity index (χ3v) is 4.15. The average Bonchev–Trinajstić information content (AvgIpc) is 3.17. The molecule has 0 aliphatic heterocycles. The molecule has 2 aromatic heterocycles. The lowest BCUT2D eigenvalue weighted by molar-refractivity contribution is 0.0600. The maximum Gasteiger partial charge on any atom is 0.338 e. The highest BCUT2D eigenvalue weighted by Gasteiger charge is 2.14. The van der Waals surface area contributed by atoms with Crippen LogP contribution in [0.25, 0.3) is 33.7 Å². The average molecular weight is 345 g/mol. The van der Waals surface area contributed by atoms with Crippen molar-refractivity contribution in [2.24, 2.45) is 0 Å². The Kier molecular flexibility index (Phi) is 3.93. The molecule has 0 bridgehead atoms. The van der Waals surface area contributed by atoms with Crippen LogP contribution in [-0.2, 0) is 4.74 Å². The quantitative estimate of drug-likeness (QED) is 0.521. The number of fused-ring (bicyclic) bond motifs is 1. The molecule has 2 heterocycles. The maximum absolute atomic E-state index is 11.7. The minimum absolute atomic E-state index is 0.370. The lowest BCUT2D eigenvalue weighted by atomic mass is 10.0. The molecule has 0 N–H and O–H groups in total. The minimum atomic E-state index is -0.370. The van der Waals surface area contributed by atoms with E-state index in [1.807, 2.05) is 43.3 Å². The number of ether oxygens (including phenoxy) is 1. The van der Waals surface area contributed by atoms with E-state index in [-0.39, 0.29) is 5.97 Å². The normalized spacial score (nSPS) is 10.8. The third-order valence-electron chi connectivity index (χ3n) is 4.15. The van der Waals surface area contributed by atoms with Crippen LogP contribution in [0.2, 0.25) is 0 Å². The fourth-order valence-corrected chi connectivity index (χ4v) is 2.79. The van der Waals surface area contributed by atoms with E-state index in [0.29, 0.717) is 17.3 Å². The zero-order valence-electron chi connectivity index (χ0n) is 14.3. The number of hydrogen-bond acceptors (Lipinski definition) is 6. The van der Waals surface area contributed by atoms with Crippen LogP contribution in [0.15, 0.2) is 59.3 Å². The number of aryl methyl sites for hydroxylation is 1. The van der Waals surface area contributed by atoms with E-state index >= 15 is 0 Å². The van der Waals surface area contributed by atoms with Gasteiger partial charge in [-0.2, -0.15) is 4.98 Å². The van der Waals surface area contributed by atoms with Crippen LogP contribution in [0.3, 0.4) is 0 Å². The molecule has 0 amide bonds. The summed E-state index contributed by atoms with van der Waals surface area (Å²) in [5, 5.41) is 5.05. The first kappa shape index (κ1) is 16.0. The lowest BCUT2D eigenvalue weighted by Crippen LogP contribution is -2.03. The highest BCUT2D eigenvalue weighted by Crippen LogP contribution is 2.25. The van der Waals surface area contributed by atoms with Gasteiger partial charge in [-0.25, -0.2) is 4.79 Å². The van der Waals surface area contributed by atoms with Crippen molar-refractivity contribution in [1.82, 2.24) is 15.1 Å². The topological polar surface area (TPSA) is 78.1 Å². The number of nitrogens with zero attached hydrogens (tertiary/aromatic N) is 3. The number of aromatic nitrogens is 3. The molecule has 6 nitrogen and oxygen atoms in total. The van der Waals surface area contributed by atoms with Crippen molar-refractivity contribution in [2.45, 2.75) is 6.92 Å². The van der Waals surface area contributed by atoms with Gasteiger partial charge in [0.25, 0.3) is 5.89 Å². The molecule has 128 valence electrons. The molecule has 0 radical (unpaired) electrons. The predicted octanol–water partition coefficient (Wildman–Crippen LogP) is 4.05. The highest BCUT2D eigenvalue weighted by atomic mass is 16.5. The van der Waals surface area contributed by atoms with Crippen molar-refractivity contribution < 1.29 is 14.1 Å².